The lowest BCUT2D eigenvalue weighted by Gasteiger charge is -2.31. The number of benzene rings is 1. The molecule has 0 radical (unpaired) electrons. The van der Waals surface area contributed by atoms with Crippen LogP contribution < -0.4 is 4.72 Å². The van der Waals surface area contributed by atoms with E-state index in [0.29, 0.717) is 13.1 Å². The zero-order valence-corrected chi connectivity index (χ0v) is 12.5. The van der Waals surface area contributed by atoms with E-state index in [4.69, 9.17) is 5.11 Å². The van der Waals surface area contributed by atoms with Crippen molar-refractivity contribution in [3.63, 3.8) is 0 Å². The van der Waals surface area contributed by atoms with Gasteiger partial charge in [0.15, 0.2) is 0 Å². The van der Waals surface area contributed by atoms with Crippen molar-refractivity contribution in [1.29, 1.82) is 0 Å². The lowest BCUT2D eigenvalue weighted by atomic mass is 10.00. The Bertz CT molecular complexity index is 510. The molecule has 0 amide bonds. The van der Waals surface area contributed by atoms with Crippen LogP contribution in [0.25, 0.3) is 0 Å². The molecular formula is C14H22N2O3S. The molecule has 0 spiro atoms. The van der Waals surface area contributed by atoms with Gasteiger partial charge in [-0.1, -0.05) is 30.3 Å². The number of aliphatic hydroxyl groups excluding tert-OH is 1. The second-order valence-electron chi connectivity index (χ2n) is 5.28. The van der Waals surface area contributed by atoms with Crippen LogP contribution in [0.15, 0.2) is 30.3 Å². The molecular weight excluding hydrogens is 276 g/mol. The van der Waals surface area contributed by atoms with Crippen molar-refractivity contribution in [2.45, 2.75) is 25.8 Å². The van der Waals surface area contributed by atoms with Crippen molar-refractivity contribution in [2.24, 2.45) is 5.92 Å². The topological polar surface area (TPSA) is 69.6 Å². The average molecular weight is 298 g/mol. The van der Waals surface area contributed by atoms with Gasteiger partial charge in [-0.05, 0) is 31.2 Å². The summed E-state index contributed by atoms with van der Waals surface area (Å²) in [5.74, 6) is 0.230. The van der Waals surface area contributed by atoms with Crippen LogP contribution >= 0.6 is 0 Å². The second kappa shape index (κ2) is 6.67. The van der Waals surface area contributed by atoms with Gasteiger partial charge in [0.05, 0.1) is 0 Å². The van der Waals surface area contributed by atoms with Gasteiger partial charge in [-0.25, -0.2) is 0 Å². The van der Waals surface area contributed by atoms with Gasteiger partial charge in [-0.3, -0.25) is 0 Å². The molecule has 0 saturated carbocycles. The molecule has 1 unspecified atom stereocenters. The minimum atomic E-state index is -3.46. The Hall–Kier alpha value is -0.950. The Kier molecular flexibility index (Phi) is 5.15. The first kappa shape index (κ1) is 15.4. The van der Waals surface area contributed by atoms with Crippen molar-refractivity contribution >= 4 is 10.2 Å². The maximum Gasteiger partial charge on any atom is 0.279 e. The zero-order valence-electron chi connectivity index (χ0n) is 11.7. The molecule has 5 nitrogen and oxygen atoms in total. The number of hydrogen-bond donors (Lipinski definition) is 2. The lowest BCUT2D eigenvalue weighted by Crippen LogP contribution is -2.46. The highest BCUT2D eigenvalue weighted by Gasteiger charge is 2.28. The van der Waals surface area contributed by atoms with Gasteiger partial charge >= 0.3 is 0 Å². The lowest BCUT2D eigenvalue weighted by molar-refractivity contribution is 0.169. The monoisotopic (exact) mass is 298 g/mol. The second-order valence-corrected chi connectivity index (χ2v) is 6.98. The minimum absolute atomic E-state index is 0.141. The van der Waals surface area contributed by atoms with Gasteiger partial charge in [0, 0.05) is 25.7 Å². The third-order valence-electron chi connectivity index (χ3n) is 3.80. The van der Waals surface area contributed by atoms with Crippen LogP contribution in [0.1, 0.15) is 31.4 Å². The van der Waals surface area contributed by atoms with Gasteiger partial charge in [-0.15, -0.1) is 0 Å². The number of nitrogens with zero attached hydrogens (tertiary/aromatic N) is 1. The number of piperidine rings is 1. The number of rotatable bonds is 5. The van der Waals surface area contributed by atoms with Crippen LogP contribution in [0.5, 0.6) is 0 Å². The highest BCUT2D eigenvalue weighted by atomic mass is 32.2. The fraction of sp³-hybridized carbons (Fsp3) is 0.571. The standard InChI is InChI=1S/C14H22N2O3S/c1-12(14-5-3-2-4-6-14)15-20(18,19)16-9-7-13(11-17)8-10-16/h2-6,12-13,15,17H,7-11H2,1H3. The van der Waals surface area contributed by atoms with Crippen LogP contribution in [0.4, 0.5) is 0 Å². The smallest absolute Gasteiger partial charge is 0.279 e. The van der Waals surface area contributed by atoms with Gasteiger partial charge in [0.25, 0.3) is 10.2 Å². The number of nitrogens with one attached hydrogen (secondary N) is 1. The van der Waals surface area contributed by atoms with Crippen LogP contribution in [-0.4, -0.2) is 37.5 Å². The Labute approximate surface area is 120 Å². The molecule has 1 saturated heterocycles. The van der Waals surface area contributed by atoms with Crippen LogP contribution in [0, 0.1) is 5.92 Å². The number of hydrogen-bond acceptors (Lipinski definition) is 3. The summed E-state index contributed by atoms with van der Waals surface area (Å²) in [4.78, 5) is 0. The van der Waals surface area contributed by atoms with E-state index in [9.17, 15) is 8.42 Å². The molecule has 1 heterocycles. The predicted octanol–water partition coefficient (Wildman–Crippen LogP) is 1.29. The van der Waals surface area contributed by atoms with Gasteiger partial charge in [0.1, 0.15) is 0 Å². The molecule has 1 aliphatic heterocycles. The van der Waals surface area contributed by atoms with E-state index in [1.165, 1.54) is 4.31 Å². The quantitative estimate of drug-likeness (QED) is 0.860. The maximum atomic E-state index is 12.3. The summed E-state index contributed by atoms with van der Waals surface area (Å²) in [5.41, 5.74) is 0.946. The van der Waals surface area contributed by atoms with E-state index >= 15 is 0 Å². The van der Waals surface area contributed by atoms with E-state index < -0.39 is 10.2 Å². The molecule has 2 rings (SSSR count). The Morgan fingerprint density at radius 1 is 1.30 bits per heavy atom. The molecule has 0 bridgehead atoms. The van der Waals surface area contributed by atoms with Crippen molar-refractivity contribution in [3.8, 4) is 0 Å². The minimum Gasteiger partial charge on any atom is -0.396 e. The SMILES string of the molecule is CC(NS(=O)(=O)N1CCC(CO)CC1)c1ccccc1. The molecule has 2 N–H and O–H groups in total. The summed E-state index contributed by atoms with van der Waals surface area (Å²) in [6.45, 7) is 2.93. The summed E-state index contributed by atoms with van der Waals surface area (Å²) >= 11 is 0. The fourth-order valence-electron chi connectivity index (χ4n) is 2.44. The van der Waals surface area contributed by atoms with E-state index in [-0.39, 0.29) is 18.6 Å². The number of aliphatic hydroxyl groups is 1. The molecule has 6 heteroatoms. The highest BCUT2D eigenvalue weighted by molar-refractivity contribution is 7.87. The third-order valence-corrected chi connectivity index (χ3v) is 5.49. The van der Waals surface area contributed by atoms with E-state index in [0.717, 1.165) is 18.4 Å². The van der Waals surface area contributed by atoms with Gasteiger partial charge < -0.3 is 5.11 Å². The third kappa shape index (κ3) is 3.79. The fourth-order valence-corrected chi connectivity index (χ4v) is 3.86. The molecule has 0 aliphatic carbocycles. The molecule has 1 aliphatic rings. The van der Waals surface area contributed by atoms with E-state index in [2.05, 4.69) is 4.72 Å². The first-order valence-electron chi connectivity index (χ1n) is 6.96. The Morgan fingerprint density at radius 2 is 1.90 bits per heavy atom. The summed E-state index contributed by atoms with van der Waals surface area (Å²) in [6, 6.07) is 9.26. The van der Waals surface area contributed by atoms with Crippen LogP contribution in [-0.2, 0) is 10.2 Å². The molecule has 1 aromatic carbocycles. The highest BCUT2D eigenvalue weighted by Crippen LogP contribution is 2.20. The Morgan fingerprint density at radius 3 is 2.45 bits per heavy atom. The maximum absolute atomic E-state index is 12.3. The zero-order chi connectivity index (χ0) is 14.6. The van der Waals surface area contributed by atoms with Crippen molar-refractivity contribution < 1.29 is 13.5 Å². The predicted molar refractivity (Wildman–Crippen MR) is 78.3 cm³/mol. The molecule has 1 atom stereocenters. The van der Waals surface area contributed by atoms with E-state index in [1.54, 1.807) is 0 Å². The van der Waals surface area contributed by atoms with Crippen molar-refractivity contribution in [3.05, 3.63) is 35.9 Å². The first-order chi connectivity index (χ1) is 9.53. The van der Waals surface area contributed by atoms with Crippen molar-refractivity contribution in [1.82, 2.24) is 9.03 Å². The molecule has 112 valence electrons. The van der Waals surface area contributed by atoms with E-state index in [1.807, 2.05) is 37.3 Å². The Balaban J connectivity index is 1.98. The molecule has 0 aromatic heterocycles. The van der Waals surface area contributed by atoms with Crippen LogP contribution in [0.3, 0.4) is 0 Å². The van der Waals surface area contributed by atoms with Gasteiger partial charge in [0.2, 0.25) is 0 Å². The average Bonchev–Trinajstić information content (AvgIpc) is 2.48. The molecule has 20 heavy (non-hydrogen) atoms. The molecule has 1 aromatic rings. The largest absolute Gasteiger partial charge is 0.396 e. The summed E-state index contributed by atoms with van der Waals surface area (Å²) in [5, 5.41) is 9.09. The summed E-state index contributed by atoms with van der Waals surface area (Å²) in [6.07, 6.45) is 1.44. The van der Waals surface area contributed by atoms with Crippen LogP contribution in [0.2, 0.25) is 0 Å². The van der Waals surface area contributed by atoms with Crippen molar-refractivity contribution in [2.75, 3.05) is 19.7 Å². The van der Waals surface area contributed by atoms with Gasteiger partial charge in [-0.2, -0.15) is 17.4 Å². The first-order valence-corrected chi connectivity index (χ1v) is 8.40. The normalized spacial score (nSPS) is 19.9. The summed E-state index contributed by atoms with van der Waals surface area (Å²) in [7, 11) is -3.46. The summed E-state index contributed by atoms with van der Waals surface area (Å²) < 4.78 is 28.8. The molecule has 1 fully saturated rings.